The maximum Gasteiger partial charge on any atom is 0.294 e. The lowest BCUT2D eigenvalue weighted by molar-refractivity contribution is 0.0950. The molecule has 0 bridgehead atoms. The van der Waals surface area contributed by atoms with Crippen LogP contribution in [-0.4, -0.2) is 50.3 Å². The fourth-order valence-electron chi connectivity index (χ4n) is 3.43. The van der Waals surface area contributed by atoms with Crippen LogP contribution in [-0.2, 0) is 0 Å². The van der Waals surface area contributed by atoms with Gasteiger partial charge in [0, 0.05) is 5.56 Å². The Morgan fingerprint density at radius 1 is 1.17 bits per heavy atom. The third kappa shape index (κ3) is 4.21. The smallest absolute Gasteiger partial charge is 0.294 e. The summed E-state index contributed by atoms with van der Waals surface area (Å²) in [6.07, 6.45) is 0. The summed E-state index contributed by atoms with van der Waals surface area (Å²) in [4.78, 5) is 13.1. The minimum atomic E-state index is -0.593. The molecule has 1 amide bonds. The van der Waals surface area contributed by atoms with Crippen LogP contribution in [0.4, 0.5) is 5.82 Å². The number of anilines is 1. The molecular formula is C22H20N8O5. The van der Waals surface area contributed by atoms with E-state index in [4.69, 9.17) is 24.6 Å². The molecule has 4 aromatic rings. The number of benzene rings is 2. The van der Waals surface area contributed by atoms with Gasteiger partial charge in [0.25, 0.3) is 5.91 Å². The van der Waals surface area contributed by atoms with E-state index in [0.717, 1.165) is 11.3 Å². The van der Waals surface area contributed by atoms with E-state index in [9.17, 15) is 4.79 Å². The van der Waals surface area contributed by atoms with Gasteiger partial charge in [-0.2, -0.15) is 9.78 Å². The van der Waals surface area contributed by atoms with Crippen molar-refractivity contribution < 1.29 is 23.6 Å². The second-order valence-electron chi connectivity index (χ2n) is 7.34. The second-order valence-corrected chi connectivity index (χ2v) is 7.34. The fraction of sp³-hybridized carbons (Fsp3) is 0.182. The number of ether oxygens (including phenoxy) is 3. The van der Waals surface area contributed by atoms with Crippen LogP contribution in [0.15, 0.2) is 52.2 Å². The van der Waals surface area contributed by atoms with Crippen molar-refractivity contribution in [2.75, 3.05) is 19.1 Å². The highest BCUT2D eigenvalue weighted by molar-refractivity contribution is 6.02. The molecule has 2 aromatic carbocycles. The Hall–Kier alpha value is -4.94. The van der Waals surface area contributed by atoms with Gasteiger partial charge < -0.3 is 19.9 Å². The Morgan fingerprint density at radius 3 is 2.71 bits per heavy atom. The van der Waals surface area contributed by atoms with Crippen LogP contribution >= 0.6 is 0 Å². The van der Waals surface area contributed by atoms with Gasteiger partial charge in [0.1, 0.15) is 11.4 Å². The molecule has 35 heavy (non-hydrogen) atoms. The molecule has 5 rings (SSSR count). The van der Waals surface area contributed by atoms with Crippen molar-refractivity contribution in [3.8, 4) is 34.3 Å². The van der Waals surface area contributed by atoms with Gasteiger partial charge >= 0.3 is 0 Å². The van der Waals surface area contributed by atoms with Gasteiger partial charge in [-0.15, -0.1) is 5.10 Å². The van der Waals surface area contributed by atoms with E-state index in [1.54, 1.807) is 25.1 Å². The molecule has 3 N–H and O–H groups in total. The Balaban J connectivity index is 1.47. The number of amides is 1. The summed E-state index contributed by atoms with van der Waals surface area (Å²) in [5.74, 6) is 1.31. The van der Waals surface area contributed by atoms with E-state index in [2.05, 4.69) is 31.2 Å². The maximum atomic E-state index is 13.1. The summed E-state index contributed by atoms with van der Waals surface area (Å²) in [5.41, 5.74) is 10.6. The van der Waals surface area contributed by atoms with E-state index in [1.807, 2.05) is 31.2 Å². The van der Waals surface area contributed by atoms with Crippen molar-refractivity contribution in [2.45, 2.75) is 13.8 Å². The molecule has 178 valence electrons. The monoisotopic (exact) mass is 476 g/mol. The molecule has 0 saturated carbocycles. The zero-order chi connectivity index (χ0) is 24.4. The predicted octanol–water partition coefficient (Wildman–Crippen LogP) is 2.18. The quantitative estimate of drug-likeness (QED) is 0.298. The van der Waals surface area contributed by atoms with Crippen LogP contribution in [0.25, 0.3) is 17.1 Å². The third-order valence-corrected chi connectivity index (χ3v) is 5.14. The number of nitrogens with one attached hydrogen (secondary N) is 1. The normalized spacial score (nSPS) is 12.6. The lowest BCUT2D eigenvalue weighted by Crippen LogP contribution is -2.21. The van der Waals surface area contributed by atoms with Crippen LogP contribution in [0, 0.1) is 0 Å². The number of nitrogens with zero attached hydrogens (tertiary/aromatic N) is 6. The molecule has 3 heterocycles. The van der Waals surface area contributed by atoms with Crippen molar-refractivity contribution in [1.29, 1.82) is 0 Å². The topological polar surface area (TPSA) is 165 Å². The molecule has 13 heteroatoms. The summed E-state index contributed by atoms with van der Waals surface area (Å²) in [6.45, 7) is 4.36. The number of aromatic nitrogens is 5. The molecule has 0 aliphatic carbocycles. The molecule has 0 fully saturated rings. The molecule has 2 aromatic heterocycles. The average Bonchev–Trinajstić information content (AvgIpc) is 3.61. The van der Waals surface area contributed by atoms with Crippen molar-refractivity contribution in [3.05, 3.63) is 53.7 Å². The Morgan fingerprint density at radius 2 is 1.97 bits per heavy atom. The highest BCUT2D eigenvalue weighted by atomic mass is 16.7. The highest BCUT2D eigenvalue weighted by Gasteiger charge is 2.27. The average molecular weight is 476 g/mol. The molecule has 1 aliphatic heterocycles. The highest BCUT2D eigenvalue weighted by Crippen LogP contribution is 2.37. The number of hydrogen-bond acceptors (Lipinski definition) is 11. The summed E-state index contributed by atoms with van der Waals surface area (Å²) in [5, 5.41) is 19.7. The largest absolute Gasteiger partial charge is 0.494 e. The Kier molecular flexibility index (Phi) is 5.71. The first-order valence-electron chi connectivity index (χ1n) is 10.6. The van der Waals surface area contributed by atoms with E-state index in [0.29, 0.717) is 29.4 Å². The van der Waals surface area contributed by atoms with Gasteiger partial charge in [-0.1, -0.05) is 5.21 Å². The van der Waals surface area contributed by atoms with Gasteiger partial charge in [-0.05, 0) is 72.2 Å². The first kappa shape index (κ1) is 21.9. The lowest BCUT2D eigenvalue weighted by atomic mass is 10.1. The van der Waals surface area contributed by atoms with Crippen LogP contribution < -0.4 is 25.4 Å². The van der Waals surface area contributed by atoms with Crippen LogP contribution in [0.5, 0.6) is 17.2 Å². The molecule has 0 saturated heterocycles. The molecule has 0 radical (unpaired) electrons. The van der Waals surface area contributed by atoms with Crippen molar-refractivity contribution >= 4 is 17.4 Å². The zero-order valence-corrected chi connectivity index (χ0v) is 18.8. The van der Waals surface area contributed by atoms with Gasteiger partial charge in [-0.3, -0.25) is 4.79 Å². The van der Waals surface area contributed by atoms with Gasteiger partial charge in [0.2, 0.25) is 18.4 Å². The molecule has 13 nitrogen and oxygen atoms in total. The minimum Gasteiger partial charge on any atom is -0.494 e. The van der Waals surface area contributed by atoms with Gasteiger partial charge in [-0.25, -0.2) is 10.1 Å². The third-order valence-electron chi connectivity index (χ3n) is 5.14. The number of carbonyl (C=O) groups excluding carboxylic acids is 1. The number of carbonyl (C=O) groups is 1. The van der Waals surface area contributed by atoms with Crippen molar-refractivity contribution in [1.82, 2.24) is 30.7 Å². The molecule has 0 spiro atoms. The van der Waals surface area contributed by atoms with Gasteiger partial charge in [0.15, 0.2) is 17.2 Å². The summed E-state index contributed by atoms with van der Waals surface area (Å²) in [7, 11) is 0. The van der Waals surface area contributed by atoms with E-state index < -0.39 is 5.91 Å². The number of hydrazone groups is 1. The fourth-order valence-corrected chi connectivity index (χ4v) is 3.43. The lowest BCUT2D eigenvalue weighted by Gasteiger charge is -2.07. The molecule has 0 atom stereocenters. The standard InChI is InChI=1S/C22H20N8O5/c1-3-32-15-7-4-13(5-8-15)12(2)24-26-22(31)18-19(14-6-9-16-17(10-14)34-11-33-16)30(29-25-18)21-20(23)27-35-28-21/h4-10H,3,11H2,1-2H3,(H2,23,27)(H,26,31)/b24-12-. The summed E-state index contributed by atoms with van der Waals surface area (Å²) < 4.78 is 22.3. The van der Waals surface area contributed by atoms with Crippen molar-refractivity contribution in [2.24, 2.45) is 5.10 Å². The number of nitrogen functional groups attached to an aromatic ring is 1. The van der Waals surface area contributed by atoms with Crippen molar-refractivity contribution in [3.63, 3.8) is 0 Å². The van der Waals surface area contributed by atoms with Gasteiger partial charge in [0.05, 0.1) is 12.3 Å². The number of fused-ring (bicyclic) bond motifs is 1. The predicted molar refractivity (Wildman–Crippen MR) is 122 cm³/mol. The summed E-state index contributed by atoms with van der Waals surface area (Å²) in [6, 6.07) is 12.5. The SMILES string of the molecule is CCOc1ccc(/C(C)=N\NC(=O)c2nnn(-c3nonc3N)c2-c2ccc3c(c2)OCO3)cc1. The van der Waals surface area contributed by atoms with E-state index in [-0.39, 0.29) is 29.8 Å². The number of hydrogen-bond donors (Lipinski definition) is 2. The first-order valence-corrected chi connectivity index (χ1v) is 10.6. The van der Waals surface area contributed by atoms with E-state index >= 15 is 0 Å². The Bertz CT molecular complexity index is 1410. The number of rotatable bonds is 7. The molecular weight excluding hydrogens is 456 g/mol. The maximum absolute atomic E-state index is 13.1. The van der Waals surface area contributed by atoms with E-state index in [1.165, 1.54) is 4.68 Å². The summed E-state index contributed by atoms with van der Waals surface area (Å²) >= 11 is 0. The van der Waals surface area contributed by atoms with Crippen LogP contribution in [0.3, 0.4) is 0 Å². The number of nitrogens with two attached hydrogens (primary N) is 1. The molecule has 1 aliphatic rings. The van der Waals surface area contributed by atoms with Crippen LogP contribution in [0.2, 0.25) is 0 Å². The van der Waals surface area contributed by atoms with Crippen LogP contribution in [0.1, 0.15) is 29.9 Å². The second kappa shape index (κ2) is 9.13. The zero-order valence-electron chi connectivity index (χ0n) is 18.8. The Labute approximate surface area is 198 Å². The first-order chi connectivity index (χ1) is 17.0. The molecule has 0 unspecified atom stereocenters. The minimum absolute atomic E-state index is 0.0190.